The molecule has 2 saturated heterocycles. The van der Waals surface area contributed by atoms with E-state index in [0.717, 1.165) is 43.6 Å². The molecule has 9 heteroatoms. The molecule has 150 valence electrons. The number of nitrogens with zero attached hydrogens (tertiary/aromatic N) is 5. The highest BCUT2D eigenvalue weighted by molar-refractivity contribution is 5.91. The SMILES string of the molecule is Cc1cc(C)n2nc(C(=O)N3CCCC(CNC(=O)C4CCCN4)C3)nc2n1. The van der Waals surface area contributed by atoms with E-state index in [9.17, 15) is 9.59 Å². The van der Waals surface area contributed by atoms with Gasteiger partial charge in [0, 0.05) is 31.0 Å². The first-order chi connectivity index (χ1) is 13.5. The first-order valence-corrected chi connectivity index (χ1v) is 10.0. The molecule has 2 aliphatic rings. The summed E-state index contributed by atoms with van der Waals surface area (Å²) in [6.45, 7) is 6.62. The van der Waals surface area contributed by atoms with E-state index in [2.05, 4.69) is 25.7 Å². The summed E-state index contributed by atoms with van der Waals surface area (Å²) in [4.78, 5) is 35.6. The number of fused-ring (bicyclic) bond motifs is 1. The second kappa shape index (κ2) is 7.83. The van der Waals surface area contributed by atoms with Crippen molar-refractivity contribution in [3.63, 3.8) is 0 Å². The molecule has 0 saturated carbocycles. The zero-order valence-electron chi connectivity index (χ0n) is 16.4. The quantitative estimate of drug-likeness (QED) is 0.792. The van der Waals surface area contributed by atoms with Crippen molar-refractivity contribution in [1.82, 2.24) is 35.1 Å². The number of likely N-dealkylation sites (tertiary alicyclic amines) is 1. The maximum atomic E-state index is 12.9. The van der Waals surface area contributed by atoms with E-state index in [0.29, 0.717) is 25.4 Å². The van der Waals surface area contributed by atoms with E-state index in [1.54, 1.807) is 9.42 Å². The Morgan fingerprint density at radius 3 is 2.89 bits per heavy atom. The van der Waals surface area contributed by atoms with E-state index in [1.807, 2.05) is 19.9 Å². The number of piperidine rings is 1. The molecule has 2 amide bonds. The number of carbonyl (C=O) groups excluding carboxylic acids is 2. The second-order valence-electron chi connectivity index (χ2n) is 7.84. The van der Waals surface area contributed by atoms with Crippen LogP contribution in [0.3, 0.4) is 0 Å². The average molecular weight is 385 g/mol. The molecule has 28 heavy (non-hydrogen) atoms. The van der Waals surface area contributed by atoms with E-state index in [1.165, 1.54) is 0 Å². The first kappa shape index (κ1) is 18.8. The number of hydrogen-bond acceptors (Lipinski definition) is 6. The van der Waals surface area contributed by atoms with Crippen molar-refractivity contribution in [2.75, 3.05) is 26.2 Å². The van der Waals surface area contributed by atoms with Crippen LogP contribution in [0.4, 0.5) is 0 Å². The predicted molar refractivity (Wildman–Crippen MR) is 103 cm³/mol. The van der Waals surface area contributed by atoms with Gasteiger partial charge in [-0.15, -0.1) is 5.10 Å². The fraction of sp³-hybridized carbons (Fsp3) is 0.632. The number of aryl methyl sites for hydroxylation is 2. The van der Waals surface area contributed by atoms with Crippen molar-refractivity contribution in [1.29, 1.82) is 0 Å². The minimum absolute atomic E-state index is 0.0669. The molecular formula is C19H27N7O2. The van der Waals surface area contributed by atoms with Crippen molar-refractivity contribution in [2.45, 2.75) is 45.6 Å². The lowest BCUT2D eigenvalue weighted by Gasteiger charge is -2.32. The zero-order chi connectivity index (χ0) is 19.7. The monoisotopic (exact) mass is 385 g/mol. The summed E-state index contributed by atoms with van der Waals surface area (Å²) >= 11 is 0. The lowest BCUT2D eigenvalue weighted by atomic mass is 9.97. The van der Waals surface area contributed by atoms with Gasteiger partial charge in [-0.3, -0.25) is 9.59 Å². The standard InChI is InChI=1S/C19H27N7O2/c1-12-9-13(2)26-19(22-12)23-16(24-26)18(28)25-8-4-5-14(11-25)10-21-17(27)15-6-3-7-20-15/h9,14-15,20H,3-8,10-11H2,1-2H3,(H,21,27). The molecule has 0 radical (unpaired) electrons. The highest BCUT2D eigenvalue weighted by Crippen LogP contribution is 2.18. The molecule has 4 heterocycles. The number of rotatable bonds is 4. The molecule has 2 atom stereocenters. The number of hydrogen-bond donors (Lipinski definition) is 2. The highest BCUT2D eigenvalue weighted by Gasteiger charge is 2.28. The van der Waals surface area contributed by atoms with Crippen molar-refractivity contribution >= 4 is 17.6 Å². The third-order valence-corrected chi connectivity index (χ3v) is 5.56. The van der Waals surface area contributed by atoms with E-state index in [4.69, 9.17) is 0 Å². The smallest absolute Gasteiger partial charge is 0.293 e. The Balaban J connectivity index is 1.39. The van der Waals surface area contributed by atoms with E-state index >= 15 is 0 Å². The van der Waals surface area contributed by atoms with Crippen LogP contribution in [0, 0.1) is 19.8 Å². The third kappa shape index (κ3) is 3.84. The summed E-state index contributed by atoms with van der Waals surface area (Å²) in [5, 5.41) is 10.6. The first-order valence-electron chi connectivity index (χ1n) is 10.0. The van der Waals surface area contributed by atoms with Gasteiger partial charge in [0.2, 0.25) is 11.7 Å². The molecule has 9 nitrogen and oxygen atoms in total. The van der Waals surface area contributed by atoms with Crippen LogP contribution in [-0.2, 0) is 4.79 Å². The fourth-order valence-electron chi connectivity index (χ4n) is 4.09. The molecule has 0 spiro atoms. The van der Waals surface area contributed by atoms with Gasteiger partial charge in [0.1, 0.15) is 0 Å². The third-order valence-electron chi connectivity index (χ3n) is 5.56. The summed E-state index contributed by atoms with van der Waals surface area (Å²) < 4.78 is 1.61. The van der Waals surface area contributed by atoms with Gasteiger partial charge >= 0.3 is 0 Å². The Bertz CT molecular complexity index is 888. The Hall–Kier alpha value is -2.55. The lowest BCUT2D eigenvalue weighted by molar-refractivity contribution is -0.123. The van der Waals surface area contributed by atoms with Gasteiger partial charge in [-0.05, 0) is 58.1 Å². The number of aromatic nitrogens is 4. The van der Waals surface area contributed by atoms with Gasteiger partial charge in [-0.25, -0.2) is 9.50 Å². The molecule has 0 aromatic carbocycles. The summed E-state index contributed by atoms with van der Waals surface area (Å²) in [6.07, 6.45) is 3.86. The lowest BCUT2D eigenvalue weighted by Crippen LogP contribution is -2.46. The van der Waals surface area contributed by atoms with Crippen molar-refractivity contribution in [3.05, 3.63) is 23.3 Å². The van der Waals surface area contributed by atoms with Crippen LogP contribution >= 0.6 is 0 Å². The van der Waals surface area contributed by atoms with Crippen LogP contribution in [0.2, 0.25) is 0 Å². The van der Waals surface area contributed by atoms with E-state index in [-0.39, 0.29) is 29.6 Å². The van der Waals surface area contributed by atoms with Gasteiger partial charge in [-0.2, -0.15) is 4.98 Å². The number of nitrogens with one attached hydrogen (secondary N) is 2. The van der Waals surface area contributed by atoms with Gasteiger partial charge in [0.05, 0.1) is 6.04 Å². The van der Waals surface area contributed by atoms with Crippen LogP contribution < -0.4 is 10.6 Å². The van der Waals surface area contributed by atoms with Crippen molar-refractivity contribution < 1.29 is 9.59 Å². The van der Waals surface area contributed by atoms with Crippen molar-refractivity contribution in [2.24, 2.45) is 5.92 Å². The Morgan fingerprint density at radius 1 is 1.25 bits per heavy atom. The minimum Gasteiger partial charge on any atom is -0.354 e. The summed E-state index contributed by atoms with van der Waals surface area (Å²) in [5.74, 6) is 0.782. The molecular weight excluding hydrogens is 358 g/mol. The number of amides is 2. The molecule has 2 aliphatic heterocycles. The minimum atomic E-state index is -0.170. The Labute approximate surface area is 163 Å². The second-order valence-corrected chi connectivity index (χ2v) is 7.84. The normalized spacial score (nSPS) is 22.6. The van der Waals surface area contributed by atoms with Crippen LogP contribution in [0.15, 0.2) is 6.07 Å². The van der Waals surface area contributed by atoms with Gasteiger partial charge in [0.25, 0.3) is 11.7 Å². The highest BCUT2D eigenvalue weighted by atomic mass is 16.2. The molecule has 2 N–H and O–H groups in total. The van der Waals surface area contributed by atoms with Gasteiger partial charge < -0.3 is 15.5 Å². The van der Waals surface area contributed by atoms with Crippen LogP contribution in [0.1, 0.15) is 47.7 Å². The maximum absolute atomic E-state index is 12.9. The molecule has 4 rings (SSSR count). The molecule has 2 aromatic rings. The van der Waals surface area contributed by atoms with Gasteiger partial charge in [0.15, 0.2) is 0 Å². The fourth-order valence-corrected chi connectivity index (χ4v) is 4.09. The number of carbonyl (C=O) groups is 2. The van der Waals surface area contributed by atoms with Crippen LogP contribution in [0.25, 0.3) is 5.78 Å². The van der Waals surface area contributed by atoms with Gasteiger partial charge in [-0.1, -0.05) is 0 Å². The Kier molecular flexibility index (Phi) is 5.25. The van der Waals surface area contributed by atoms with Crippen LogP contribution in [0.5, 0.6) is 0 Å². The molecule has 0 bridgehead atoms. The predicted octanol–water partition coefficient (Wildman–Crippen LogP) is 0.462. The molecule has 2 unspecified atom stereocenters. The summed E-state index contributed by atoms with van der Waals surface area (Å²) in [5.41, 5.74) is 1.75. The van der Waals surface area contributed by atoms with Crippen LogP contribution in [-0.4, -0.2) is 68.5 Å². The summed E-state index contributed by atoms with van der Waals surface area (Å²) in [7, 11) is 0. The molecule has 2 fully saturated rings. The maximum Gasteiger partial charge on any atom is 0.293 e. The van der Waals surface area contributed by atoms with E-state index < -0.39 is 0 Å². The molecule has 2 aromatic heterocycles. The zero-order valence-corrected chi connectivity index (χ0v) is 16.4. The summed E-state index contributed by atoms with van der Waals surface area (Å²) in [6, 6.07) is 1.84. The topological polar surface area (TPSA) is 105 Å². The average Bonchev–Trinajstić information content (AvgIpc) is 3.35. The largest absolute Gasteiger partial charge is 0.354 e. The molecule has 0 aliphatic carbocycles. The Morgan fingerprint density at radius 2 is 2.11 bits per heavy atom. The van der Waals surface area contributed by atoms with Crippen molar-refractivity contribution in [3.8, 4) is 0 Å².